The minimum atomic E-state index is -3.51. The van der Waals surface area contributed by atoms with Crippen LogP contribution in [0, 0.1) is 12.7 Å². The minimum absolute atomic E-state index is 0.0297. The number of anilines is 2. The fraction of sp³-hybridized carbons (Fsp3) is 0.316. The Morgan fingerprint density at radius 3 is 2.30 bits per heavy atom. The fourth-order valence-electron chi connectivity index (χ4n) is 2.56. The highest BCUT2D eigenvalue weighted by atomic mass is 32.2. The Bertz CT molecular complexity index is 895. The van der Waals surface area contributed by atoms with Crippen molar-refractivity contribution in [2.75, 3.05) is 30.3 Å². The van der Waals surface area contributed by atoms with E-state index in [9.17, 15) is 17.6 Å². The molecule has 0 heterocycles. The molecule has 6 nitrogen and oxygen atoms in total. The van der Waals surface area contributed by atoms with E-state index in [1.54, 1.807) is 39.0 Å². The molecule has 0 aliphatic heterocycles. The summed E-state index contributed by atoms with van der Waals surface area (Å²) in [6.07, 6.45) is 0. The molecule has 1 amide bonds. The summed E-state index contributed by atoms with van der Waals surface area (Å²) in [5, 5.41) is 5.56. The molecule has 146 valence electrons. The number of carbonyl (C=O) groups is 1. The molecule has 2 rings (SSSR count). The molecular weight excluding hydrogens is 369 g/mol. The molecule has 0 fully saturated rings. The Hall–Kier alpha value is -2.45. The molecule has 0 bridgehead atoms. The van der Waals surface area contributed by atoms with Gasteiger partial charge in [0.2, 0.25) is 15.9 Å². The third kappa shape index (κ3) is 5.27. The molecule has 0 radical (unpaired) electrons. The van der Waals surface area contributed by atoms with Crippen LogP contribution in [-0.2, 0) is 14.8 Å². The molecule has 0 saturated heterocycles. The number of sulfonamides is 1. The zero-order chi connectivity index (χ0) is 20.0. The number of hydrogen-bond acceptors (Lipinski definition) is 4. The lowest BCUT2D eigenvalue weighted by atomic mass is 10.2. The summed E-state index contributed by atoms with van der Waals surface area (Å²) < 4.78 is 39.5. The smallest absolute Gasteiger partial charge is 0.243 e. The number of nitrogens with one attached hydrogen (secondary N) is 2. The van der Waals surface area contributed by atoms with Crippen molar-refractivity contribution >= 4 is 27.3 Å². The second kappa shape index (κ2) is 8.96. The third-order valence-corrected chi connectivity index (χ3v) is 6.19. The molecule has 0 aliphatic rings. The number of halogens is 1. The van der Waals surface area contributed by atoms with E-state index in [0.717, 1.165) is 5.56 Å². The summed E-state index contributed by atoms with van der Waals surface area (Å²) in [5.41, 5.74) is 1.79. The maximum atomic E-state index is 13.3. The van der Waals surface area contributed by atoms with Gasteiger partial charge in [-0.1, -0.05) is 19.9 Å². The van der Waals surface area contributed by atoms with E-state index in [0.29, 0.717) is 24.5 Å². The van der Waals surface area contributed by atoms with Gasteiger partial charge in [0.05, 0.1) is 11.4 Å². The topological polar surface area (TPSA) is 78.5 Å². The molecule has 0 saturated carbocycles. The van der Waals surface area contributed by atoms with Gasteiger partial charge in [0.1, 0.15) is 5.82 Å². The lowest BCUT2D eigenvalue weighted by Gasteiger charge is -2.18. The molecule has 0 spiro atoms. The number of aryl methyl sites for hydroxylation is 1. The van der Waals surface area contributed by atoms with Crippen molar-refractivity contribution in [3.63, 3.8) is 0 Å². The van der Waals surface area contributed by atoms with Gasteiger partial charge in [-0.3, -0.25) is 4.79 Å². The van der Waals surface area contributed by atoms with Gasteiger partial charge in [-0.2, -0.15) is 4.31 Å². The van der Waals surface area contributed by atoms with Crippen LogP contribution in [0.15, 0.2) is 47.4 Å². The van der Waals surface area contributed by atoms with Crippen molar-refractivity contribution in [2.24, 2.45) is 0 Å². The monoisotopic (exact) mass is 393 g/mol. The van der Waals surface area contributed by atoms with Crippen LogP contribution in [0.25, 0.3) is 0 Å². The highest BCUT2D eigenvalue weighted by molar-refractivity contribution is 7.89. The molecule has 0 unspecified atom stereocenters. The Morgan fingerprint density at radius 2 is 1.70 bits per heavy atom. The van der Waals surface area contributed by atoms with Crippen LogP contribution >= 0.6 is 0 Å². The summed E-state index contributed by atoms with van der Waals surface area (Å²) in [4.78, 5) is 12.2. The molecule has 2 aromatic rings. The van der Waals surface area contributed by atoms with E-state index in [2.05, 4.69) is 10.6 Å². The van der Waals surface area contributed by atoms with Crippen LogP contribution in [0.1, 0.15) is 19.4 Å². The van der Waals surface area contributed by atoms with E-state index in [1.165, 1.54) is 28.6 Å². The van der Waals surface area contributed by atoms with Crippen LogP contribution in [0.5, 0.6) is 0 Å². The SMILES string of the molecule is CCN(CC)S(=O)(=O)c1ccc(NCC(=O)Nc2cc(F)ccc2C)cc1. The number of benzene rings is 2. The van der Waals surface area contributed by atoms with Gasteiger partial charge in [0.25, 0.3) is 0 Å². The molecule has 8 heteroatoms. The van der Waals surface area contributed by atoms with Crippen molar-refractivity contribution in [1.82, 2.24) is 4.31 Å². The standard InChI is InChI=1S/C19H24FN3O3S/c1-4-23(5-2)27(25,26)17-10-8-16(9-11-17)21-13-19(24)22-18-12-15(20)7-6-14(18)3/h6-12,21H,4-5,13H2,1-3H3,(H,22,24). The van der Waals surface area contributed by atoms with E-state index >= 15 is 0 Å². The molecule has 2 aromatic carbocycles. The predicted octanol–water partition coefficient (Wildman–Crippen LogP) is 3.22. The Balaban J connectivity index is 1.99. The van der Waals surface area contributed by atoms with Gasteiger partial charge in [0, 0.05) is 24.5 Å². The van der Waals surface area contributed by atoms with Gasteiger partial charge in [0.15, 0.2) is 0 Å². The van der Waals surface area contributed by atoms with Crippen LogP contribution in [-0.4, -0.2) is 38.3 Å². The summed E-state index contributed by atoms with van der Waals surface area (Å²) in [6, 6.07) is 10.4. The Morgan fingerprint density at radius 1 is 1.07 bits per heavy atom. The van der Waals surface area contributed by atoms with E-state index in [-0.39, 0.29) is 17.3 Å². The molecule has 0 aromatic heterocycles. The number of amides is 1. The number of rotatable bonds is 8. The van der Waals surface area contributed by atoms with Crippen molar-refractivity contribution in [2.45, 2.75) is 25.7 Å². The largest absolute Gasteiger partial charge is 0.376 e. The Kier molecular flexibility index (Phi) is 6.92. The predicted molar refractivity (Wildman–Crippen MR) is 105 cm³/mol. The molecule has 0 aliphatic carbocycles. The first-order valence-electron chi connectivity index (χ1n) is 8.68. The second-order valence-corrected chi connectivity index (χ2v) is 7.91. The van der Waals surface area contributed by atoms with E-state index in [1.807, 2.05) is 0 Å². The fourth-order valence-corrected chi connectivity index (χ4v) is 4.02. The van der Waals surface area contributed by atoms with Gasteiger partial charge >= 0.3 is 0 Å². The highest BCUT2D eigenvalue weighted by Gasteiger charge is 2.21. The maximum Gasteiger partial charge on any atom is 0.243 e. The average Bonchev–Trinajstić information content (AvgIpc) is 2.64. The first kappa shape index (κ1) is 20.9. The third-order valence-electron chi connectivity index (χ3n) is 4.12. The zero-order valence-electron chi connectivity index (χ0n) is 15.6. The van der Waals surface area contributed by atoms with Gasteiger partial charge in [-0.05, 0) is 48.9 Å². The molecule has 27 heavy (non-hydrogen) atoms. The summed E-state index contributed by atoms with van der Waals surface area (Å²) in [7, 11) is -3.51. The zero-order valence-corrected chi connectivity index (χ0v) is 16.4. The van der Waals surface area contributed by atoms with E-state index in [4.69, 9.17) is 0 Å². The summed E-state index contributed by atoms with van der Waals surface area (Å²) in [5.74, 6) is -0.752. The summed E-state index contributed by atoms with van der Waals surface area (Å²) in [6.45, 7) is 6.12. The first-order valence-corrected chi connectivity index (χ1v) is 10.1. The molecule has 2 N–H and O–H groups in total. The Labute approximate surface area is 159 Å². The number of hydrogen-bond donors (Lipinski definition) is 2. The van der Waals surface area contributed by atoms with Crippen molar-refractivity contribution in [3.8, 4) is 0 Å². The first-order chi connectivity index (χ1) is 12.8. The van der Waals surface area contributed by atoms with Crippen LogP contribution in [0.2, 0.25) is 0 Å². The lowest BCUT2D eigenvalue weighted by molar-refractivity contribution is -0.114. The van der Waals surface area contributed by atoms with Gasteiger partial charge < -0.3 is 10.6 Å². The van der Waals surface area contributed by atoms with Crippen LogP contribution in [0.4, 0.5) is 15.8 Å². The lowest BCUT2D eigenvalue weighted by Crippen LogP contribution is -2.30. The van der Waals surface area contributed by atoms with Crippen LogP contribution in [0.3, 0.4) is 0 Å². The average molecular weight is 393 g/mol. The normalized spacial score (nSPS) is 11.4. The molecular formula is C19H24FN3O3S. The second-order valence-electron chi connectivity index (χ2n) is 5.97. The van der Waals surface area contributed by atoms with E-state index < -0.39 is 15.8 Å². The van der Waals surface area contributed by atoms with Crippen molar-refractivity contribution < 1.29 is 17.6 Å². The van der Waals surface area contributed by atoms with Gasteiger partial charge in [-0.15, -0.1) is 0 Å². The van der Waals surface area contributed by atoms with Crippen molar-refractivity contribution in [3.05, 3.63) is 53.8 Å². The highest BCUT2D eigenvalue weighted by Crippen LogP contribution is 2.19. The minimum Gasteiger partial charge on any atom is -0.376 e. The van der Waals surface area contributed by atoms with Gasteiger partial charge in [-0.25, -0.2) is 12.8 Å². The quantitative estimate of drug-likeness (QED) is 0.722. The summed E-state index contributed by atoms with van der Waals surface area (Å²) >= 11 is 0. The maximum absolute atomic E-state index is 13.3. The number of nitrogens with zero attached hydrogens (tertiary/aromatic N) is 1. The van der Waals surface area contributed by atoms with Crippen molar-refractivity contribution in [1.29, 1.82) is 0 Å². The van der Waals surface area contributed by atoms with Crippen LogP contribution < -0.4 is 10.6 Å². The number of carbonyl (C=O) groups excluding carboxylic acids is 1. The molecule has 0 atom stereocenters.